The summed E-state index contributed by atoms with van der Waals surface area (Å²) in [6, 6.07) is 74.5. The lowest BCUT2D eigenvalue weighted by atomic mass is 10.0. The van der Waals surface area contributed by atoms with E-state index in [2.05, 4.69) is 222 Å². The summed E-state index contributed by atoms with van der Waals surface area (Å²) < 4.78 is 6.57. The number of aromatic nitrogens is 1. The van der Waals surface area contributed by atoms with E-state index in [0.29, 0.717) is 5.89 Å². The maximum atomic E-state index is 6.57. The summed E-state index contributed by atoms with van der Waals surface area (Å²) in [6.07, 6.45) is 0. The van der Waals surface area contributed by atoms with Crippen LogP contribution in [0.2, 0.25) is 0 Å². The zero-order valence-corrected chi connectivity index (χ0v) is 30.0. The number of fused-ring (bicyclic) bond motifs is 6. The van der Waals surface area contributed by atoms with Gasteiger partial charge in [-0.3, -0.25) is 0 Å². The van der Waals surface area contributed by atoms with E-state index in [-0.39, 0.29) is 0 Å². The molecular weight excluding hydrogens is 671 g/mol. The van der Waals surface area contributed by atoms with Gasteiger partial charge in [-0.15, -0.1) is 0 Å². The molecule has 0 fully saturated rings. The maximum Gasteiger partial charge on any atom is 0.227 e. The quantitative estimate of drug-likeness (QED) is 0.147. The fraction of sp³-hybridized carbons (Fsp3) is 0. The van der Waals surface area contributed by atoms with Crippen LogP contribution in [0.1, 0.15) is 0 Å². The molecule has 9 aromatic carbocycles. The number of hydrogen-bond donors (Lipinski definition) is 0. The number of hydrogen-bond acceptors (Lipinski definition) is 4. The van der Waals surface area contributed by atoms with Crippen molar-refractivity contribution in [3.05, 3.63) is 212 Å². The van der Waals surface area contributed by atoms with Gasteiger partial charge in [0.25, 0.3) is 0 Å². The Morgan fingerprint density at radius 3 is 1.27 bits per heavy atom. The first kappa shape index (κ1) is 32.2. The van der Waals surface area contributed by atoms with E-state index in [1.54, 1.807) is 0 Å². The van der Waals surface area contributed by atoms with Gasteiger partial charge in [0, 0.05) is 50.5 Å². The second kappa shape index (κ2) is 13.8. The average molecular weight is 706 g/mol. The van der Waals surface area contributed by atoms with Gasteiger partial charge < -0.3 is 14.2 Å². The van der Waals surface area contributed by atoms with Gasteiger partial charge in [0.05, 0.1) is 0 Å². The molecule has 0 aliphatic rings. The van der Waals surface area contributed by atoms with Gasteiger partial charge in [-0.05, 0) is 101 Å². The normalized spacial score (nSPS) is 11.3. The average Bonchev–Trinajstić information content (AvgIpc) is 3.72. The van der Waals surface area contributed by atoms with E-state index in [9.17, 15) is 0 Å². The Labute approximate surface area is 319 Å². The lowest BCUT2D eigenvalue weighted by molar-refractivity contribution is 0.623. The van der Waals surface area contributed by atoms with Crippen molar-refractivity contribution < 1.29 is 4.42 Å². The van der Waals surface area contributed by atoms with Crippen LogP contribution in [0, 0.1) is 0 Å². The Morgan fingerprint density at radius 1 is 0.309 bits per heavy atom. The standard InChI is InChI=1S/C51H35N3O/c1-4-15-36(16-5-1)37-27-31-41(32-28-37)53(39-17-6-2-7-18-39)43-21-14-22-44(35-43)54(40-19-8-3-9-20-40)42-33-29-38(30-34-42)51-52-49-47-25-12-10-23-45(47)46-24-11-13-26-48(46)50(49)55-51/h1-35H. The van der Waals surface area contributed by atoms with Crippen molar-refractivity contribution in [3.63, 3.8) is 0 Å². The molecule has 0 spiro atoms. The molecule has 0 saturated carbocycles. The minimum absolute atomic E-state index is 0.605. The van der Waals surface area contributed by atoms with Crippen LogP contribution in [0.25, 0.3) is 55.2 Å². The highest BCUT2D eigenvalue weighted by Crippen LogP contribution is 2.42. The van der Waals surface area contributed by atoms with Crippen molar-refractivity contribution in [3.8, 4) is 22.6 Å². The first-order valence-corrected chi connectivity index (χ1v) is 18.5. The van der Waals surface area contributed by atoms with Gasteiger partial charge in [-0.1, -0.05) is 133 Å². The summed E-state index contributed by atoms with van der Waals surface area (Å²) in [5, 5.41) is 4.50. The smallest absolute Gasteiger partial charge is 0.227 e. The molecule has 260 valence electrons. The summed E-state index contributed by atoms with van der Waals surface area (Å²) >= 11 is 0. The Morgan fingerprint density at radius 2 is 0.709 bits per heavy atom. The van der Waals surface area contributed by atoms with Gasteiger partial charge in [-0.25, -0.2) is 4.98 Å². The van der Waals surface area contributed by atoms with Gasteiger partial charge in [0.15, 0.2) is 5.58 Å². The van der Waals surface area contributed by atoms with E-state index < -0.39 is 0 Å². The van der Waals surface area contributed by atoms with Gasteiger partial charge >= 0.3 is 0 Å². The second-order valence-corrected chi connectivity index (χ2v) is 13.6. The molecule has 0 N–H and O–H groups in total. The van der Waals surface area contributed by atoms with Crippen molar-refractivity contribution in [1.29, 1.82) is 0 Å². The zero-order chi connectivity index (χ0) is 36.6. The molecule has 4 nitrogen and oxygen atoms in total. The third kappa shape index (κ3) is 5.96. The number of rotatable bonds is 8. The molecule has 0 radical (unpaired) electrons. The molecule has 0 aliphatic heterocycles. The number of benzene rings is 9. The zero-order valence-electron chi connectivity index (χ0n) is 30.0. The highest BCUT2D eigenvalue weighted by Gasteiger charge is 2.19. The Hall–Kier alpha value is -7.43. The van der Waals surface area contributed by atoms with Crippen LogP contribution < -0.4 is 9.80 Å². The summed E-state index contributed by atoms with van der Waals surface area (Å²) in [5.41, 5.74) is 11.3. The molecule has 0 amide bonds. The van der Waals surface area contributed by atoms with Crippen LogP contribution in [0.5, 0.6) is 0 Å². The molecular formula is C51H35N3O. The molecule has 0 atom stereocenters. The molecule has 0 bridgehead atoms. The molecule has 0 aliphatic carbocycles. The molecule has 55 heavy (non-hydrogen) atoms. The van der Waals surface area contributed by atoms with Gasteiger partial charge in [-0.2, -0.15) is 0 Å². The molecule has 10 rings (SSSR count). The van der Waals surface area contributed by atoms with Crippen LogP contribution in [-0.4, -0.2) is 4.98 Å². The minimum Gasteiger partial charge on any atom is -0.435 e. The lowest BCUT2D eigenvalue weighted by Crippen LogP contribution is -2.13. The number of nitrogens with zero attached hydrogens (tertiary/aromatic N) is 3. The Bertz CT molecular complexity index is 2830. The van der Waals surface area contributed by atoms with Crippen molar-refractivity contribution in [2.45, 2.75) is 0 Å². The predicted molar refractivity (Wildman–Crippen MR) is 229 cm³/mol. The topological polar surface area (TPSA) is 32.5 Å². The number of anilines is 6. The van der Waals surface area contributed by atoms with E-state index >= 15 is 0 Å². The van der Waals surface area contributed by atoms with E-state index in [1.165, 1.54) is 21.9 Å². The summed E-state index contributed by atoms with van der Waals surface area (Å²) in [4.78, 5) is 9.68. The highest BCUT2D eigenvalue weighted by molar-refractivity contribution is 6.22. The predicted octanol–water partition coefficient (Wildman–Crippen LogP) is 14.4. The summed E-state index contributed by atoms with van der Waals surface area (Å²) in [7, 11) is 0. The molecule has 4 heteroatoms. The Balaban J connectivity index is 1.05. The van der Waals surface area contributed by atoms with Crippen molar-refractivity contribution in [1.82, 2.24) is 4.98 Å². The minimum atomic E-state index is 0.605. The third-order valence-corrected chi connectivity index (χ3v) is 10.3. The third-order valence-electron chi connectivity index (χ3n) is 10.3. The van der Waals surface area contributed by atoms with E-state index in [1.807, 2.05) is 0 Å². The summed E-state index contributed by atoms with van der Waals surface area (Å²) in [5.74, 6) is 0.605. The lowest BCUT2D eigenvalue weighted by Gasteiger charge is -2.29. The maximum absolute atomic E-state index is 6.57. The molecule has 0 saturated heterocycles. The number of para-hydroxylation sites is 2. The van der Waals surface area contributed by atoms with Gasteiger partial charge in [0.2, 0.25) is 5.89 Å². The van der Waals surface area contributed by atoms with Crippen LogP contribution in [-0.2, 0) is 0 Å². The molecule has 0 unspecified atom stereocenters. The fourth-order valence-corrected chi connectivity index (χ4v) is 7.66. The van der Waals surface area contributed by atoms with Gasteiger partial charge in [0.1, 0.15) is 5.52 Å². The largest absolute Gasteiger partial charge is 0.435 e. The first-order chi connectivity index (χ1) is 27.3. The van der Waals surface area contributed by atoms with Crippen LogP contribution in [0.3, 0.4) is 0 Å². The summed E-state index contributed by atoms with van der Waals surface area (Å²) in [6.45, 7) is 0. The van der Waals surface area contributed by atoms with E-state index in [0.717, 1.165) is 61.6 Å². The SMILES string of the molecule is c1ccc(-c2ccc(N(c3ccccc3)c3cccc(N(c4ccccc4)c4ccc(-c5nc6c7ccccc7c7ccccc7c6o5)cc4)c3)cc2)cc1. The Kier molecular flexibility index (Phi) is 8.12. The second-order valence-electron chi connectivity index (χ2n) is 13.6. The van der Waals surface area contributed by atoms with E-state index in [4.69, 9.17) is 9.40 Å². The molecule has 10 aromatic rings. The van der Waals surface area contributed by atoms with Crippen molar-refractivity contribution in [2.24, 2.45) is 0 Å². The number of oxazole rings is 1. The van der Waals surface area contributed by atoms with Crippen molar-refractivity contribution >= 4 is 66.8 Å². The first-order valence-electron chi connectivity index (χ1n) is 18.5. The monoisotopic (exact) mass is 705 g/mol. The highest BCUT2D eigenvalue weighted by atomic mass is 16.3. The fourth-order valence-electron chi connectivity index (χ4n) is 7.66. The van der Waals surface area contributed by atoms with Crippen LogP contribution in [0.15, 0.2) is 217 Å². The van der Waals surface area contributed by atoms with Crippen LogP contribution >= 0.6 is 0 Å². The van der Waals surface area contributed by atoms with Crippen molar-refractivity contribution in [2.75, 3.05) is 9.80 Å². The molecule has 1 heterocycles. The van der Waals surface area contributed by atoms with Crippen LogP contribution in [0.4, 0.5) is 34.1 Å². The molecule has 1 aromatic heterocycles.